The predicted octanol–water partition coefficient (Wildman–Crippen LogP) is 3.05. The van der Waals surface area contributed by atoms with Crippen LogP contribution in [0.4, 0.5) is 5.69 Å². The van der Waals surface area contributed by atoms with Gasteiger partial charge in [-0.25, -0.2) is 13.2 Å². The van der Waals surface area contributed by atoms with Crippen molar-refractivity contribution in [2.24, 2.45) is 0 Å². The highest BCUT2D eigenvalue weighted by atomic mass is 79.9. The van der Waals surface area contributed by atoms with Crippen LogP contribution in [-0.4, -0.2) is 28.6 Å². The Morgan fingerprint density at radius 3 is 2.52 bits per heavy atom. The molecule has 6 nitrogen and oxygen atoms in total. The summed E-state index contributed by atoms with van der Waals surface area (Å²) in [5.41, 5.74) is 0.480. The minimum Gasteiger partial charge on any atom is -0.497 e. The van der Waals surface area contributed by atoms with Crippen LogP contribution >= 0.6 is 15.9 Å². The molecule has 0 aliphatic heterocycles. The molecule has 0 saturated heterocycles. The molecular formula is C15H14BrNO5S. The normalized spacial score (nSPS) is 10.9. The number of hydrogen-bond acceptors (Lipinski definition) is 5. The molecule has 0 amide bonds. The van der Waals surface area contributed by atoms with Crippen molar-refractivity contribution in [1.82, 2.24) is 0 Å². The number of halogens is 1. The lowest BCUT2D eigenvalue weighted by Crippen LogP contribution is -2.14. The number of esters is 1. The molecule has 2 aromatic rings. The second-order valence-corrected chi connectivity index (χ2v) is 7.01. The third kappa shape index (κ3) is 4.02. The zero-order valence-electron chi connectivity index (χ0n) is 12.4. The van der Waals surface area contributed by atoms with Gasteiger partial charge in [0.05, 0.1) is 30.4 Å². The number of anilines is 1. The molecule has 0 atom stereocenters. The molecule has 8 heteroatoms. The number of nitrogens with one attached hydrogen (secondary N) is 1. The lowest BCUT2D eigenvalue weighted by atomic mass is 10.2. The van der Waals surface area contributed by atoms with Crippen LogP contribution in [0.25, 0.3) is 0 Å². The molecule has 0 radical (unpaired) electrons. The number of carbonyl (C=O) groups is 1. The van der Waals surface area contributed by atoms with Crippen molar-refractivity contribution in [2.75, 3.05) is 18.9 Å². The summed E-state index contributed by atoms with van der Waals surface area (Å²) in [5.74, 6) is -0.105. The fourth-order valence-corrected chi connectivity index (χ4v) is 3.32. The zero-order chi connectivity index (χ0) is 17.0. The standard InChI is InChI=1S/C15H14BrNO5S/c1-21-11-5-3-4-10(8-11)17-23(19,20)12-6-7-14(16)13(9-12)15(18)22-2/h3-9,17H,1-2H3. The molecule has 0 aromatic heterocycles. The van der Waals surface area contributed by atoms with Crippen LogP contribution in [0, 0.1) is 0 Å². The van der Waals surface area contributed by atoms with Crippen molar-refractivity contribution in [3.05, 3.63) is 52.5 Å². The molecule has 0 spiro atoms. The van der Waals surface area contributed by atoms with Gasteiger partial charge in [-0.3, -0.25) is 4.72 Å². The molecule has 0 aliphatic rings. The van der Waals surface area contributed by atoms with Crippen molar-refractivity contribution in [3.8, 4) is 5.75 Å². The Hall–Kier alpha value is -2.06. The first-order valence-electron chi connectivity index (χ1n) is 6.42. The van der Waals surface area contributed by atoms with Crippen LogP contribution in [0.15, 0.2) is 51.8 Å². The second kappa shape index (κ2) is 7.01. The third-order valence-corrected chi connectivity index (χ3v) is 5.05. The minimum atomic E-state index is -3.85. The van der Waals surface area contributed by atoms with E-state index in [-0.39, 0.29) is 10.5 Å². The highest BCUT2D eigenvalue weighted by Crippen LogP contribution is 2.24. The number of carbonyl (C=O) groups excluding carboxylic acids is 1. The Morgan fingerprint density at radius 2 is 1.87 bits per heavy atom. The molecule has 0 fully saturated rings. The first-order chi connectivity index (χ1) is 10.9. The maximum Gasteiger partial charge on any atom is 0.339 e. The summed E-state index contributed by atoms with van der Waals surface area (Å²) in [6.07, 6.45) is 0. The molecule has 23 heavy (non-hydrogen) atoms. The van der Waals surface area contributed by atoms with Gasteiger partial charge in [0.2, 0.25) is 0 Å². The highest BCUT2D eigenvalue weighted by molar-refractivity contribution is 9.10. The molecule has 0 heterocycles. The topological polar surface area (TPSA) is 81.7 Å². The molecule has 2 aromatic carbocycles. The number of sulfonamides is 1. The van der Waals surface area contributed by atoms with Gasteiger partial charge in [-0.15, -0.1) is 0 Å². The molecule has 0 unspecified atom stereocenters. The van der Waals surface area contributed by atoms with E-state index in [9.17, 15) is 13.2 Å². The van der Waals surface area contributed by atoms with Crippen LogP contribution < -0.4 is 9.46 Å². The van der Waals surface area contributed by atoms with Crippen LogP contribution in [-0.2, 0) is 14.8 Å². The molecule has 1 N–H and O–H groups in total. The Bertz CT molecular complexity index is 836. The quantitative estimate of drug-likeness (QED) is 0.781. The summed E-state index contributed by atoms with van der Waals surface area (Å²) in [5, 5.41) is 0. The van der Waals surface area contributed by atoms with Gasteiger partial charge < -0.3 is 9.47 Å². The summed E-state index contributed by atoms with van der Waals surface area (Å²) in [6.45, 7) is 0. The van der Waals surface area contributed by atoms with Crippen LogP contribution in [0.1, 0.15) is 10.4 Å². The molecule has 0 bridgehead atoms. The van der Waals surface area contributed by atoms with Gasteiger partial charge in [0.15, 0.2) is 0 Å². The predicted molar refractivity (Wildman–Crippen MR) is 89.3 cm³/mol. The van der Waals surface area contributed by atoms with Crippen molar-refractivity contribution in [3.63, 3.8) is 0 Å². The van der Waals surface area contributed by atoms with E-state index >= 15 is 0 Å². The van der Waals surface area contributed by atoms with Gasteiger partial charge in [-0.05, 0) is 46.3 Å². The third-order valence-electron chi connectivity index (χ3n) is 2.98. The number of benzene rings is 2. The van der Waals surface area contributed by atoms with Crippen molar-refractivity contribution >= 4 is 37.6 Å². The summed E-state index contributed by atoms with van der Waals surface area (Å²) >= 11 is 3.19. The first kappa shape index (κ1) is 17.3. The average Bonchev–Trinajstić information content (AvgIpc) is 2.54. The second-order valence-electron chi connectivity index (χ2n) is 4.47. The van der Waals surface area contributed by atoms with E-state index in [1.807, 2.05) is 0 Å². The van der Waals surface area contributed by atoms with Gasteiger partial charge in [0, 0.05) is 10.5 Å². The fraction of sp³-hybridized carbons (Fsp3) is 0.133. The number of ether oxygens (including phenoxy) is 2. The SMILES string of the molecule is COC(=O)c1cc(S(=O)(=O)Nc2cccc(OC)c2)ccc1Br. The van der Waals surface area contributed by atoms with E-state index in [1.165, 1.54) is 32.4 Å². The van der Waals surface area contributed by atoms with Gasteiger partial charge in [0.1, 0.15) is 5.75 Å². The summed E-state index contributed by atoms with van der Waals surface area (Å²) in [7, 11) is -1.14. The molecule has 2 rings (SSSR count). The van der Waals surface area contributed by atoms with Gasteiger partial charge in [-0.1, -0.05) is 6.07 Å². The van der Waals surface area contributed by atoms with E-state index in [2.05, 4.69) is 25.4 Å². The Kier molecular flexibility index (Phi) is 5.27. The molecular weight excluding hydrogens is 386 g/mol. The van der Waals surface area contributed by atoms with E-state index in [4.69, 9.17) is 4.74 Å². The summed E-state index contributed by atoms with van der Waals surface area (Å²) in [4.78, 5) is 11.6. The van der Waals surface area contributed by atoms with E-state index in [0.717, 1.165) is 0 Å². The van der Waals surface area contributed by atoms with E-state index in [1.54, 1.807) is 24.3 Å². The van der Waals surface area contributed by atoms with Gasteiger partial charge in [-0.2, -0.15) is 0 Å². The summed E-state index contributed by atoms with van der Waals surface area (Å²) in [6, 6.07) is 10.6. The van der Waals surface area contributed by atoms with Crippen molar-refractivity contribution < 1.29 is 22.7 Å². The maximum absolute atomic E-state index is 12.5. The monoisotopic (exact) mass is 399 g/mol. The molecule has 0 saturated carbocycles. The van der Waals surface area contributed by atoms with E-state index in [0.29, 0.717) is 15.9 Å². The van der Waals surface area contributed by atoms with Crippen molar-refractivity contribution in [1.29, 1.82) is 0 Å². The van der Waals surface area contributed by atoms with Gasteiger partial charge in [0.25, 0.3) is 10.0 Å². The largest absolute Gasteiger partial charge is 0.497 e. The smallest absolute Gasteiger partial charge is 0.339 e. The average molecular weight is 400 g/mol. The highest BCUT2D eigenvalue weighted by Gasteiger charge is 2.19. The van der Waals surface area contributed by atoms with Crippen LogP contribution in [0.2, 0.25) is 0 Å². The number of methoxy groups -OCH3 is 2. The lowest BCUT2D eigenvalue weighted by molar-refractivity contribution is 0.0599. The Balaban J connectivity index is 2.37. The molecule has 0 aliphatic carbocycles. The Labute approximate surface area is 142 Å². The van der Waals surface area contributed by atoms with Gasteiger partial charge >= 0.3 is 5.97 Å². The van der Waals surface area contributed by atoms with Crippen LogP contribution in [0.5, 0.6) is 5.75 Å². The maximum atomic E-state index is 12.5. The summed E-state index contributed by atoms with van der Waals surface area (Å²) < 4.78 is 37.5. The molecule has 122 valence electrons. The Morgan fingerprint density at radius 1 is 1.13 bits per heavy atom. The van der Waals surface area contributed by atoms with E-state index < -0.39 is 16.0 Å². The lowest BCUT2D eigenvalue weighted by Gasteiger charge is -2.11. The first-order valence-corrected chi connectivity index (χ1v) is 8.69. The fourth-order valence-electron chi connectivity index (χ4n) is 1.84. The minimum absolute atomic E-state index is 0.0519. The zero-order valence-corrected chi connectivity index (χ0v) is 14.8. The van der Waals surface area contributed by atoms with Crippen LogP contribution in [0.3, 0.4) is 0 Å². The van der Waals surface area contributed by atoms with Crippen molar-refractivity contribution in [2.45, 2.75) is 4.90 Å². The number of rotatable bonds is 5. The number of hydrogen-bond donors (Lipinski definition) is 1.